The summed E-state index contributed by atoms with van der Waals surface area (Å²) in [6.07, 6.45) is 1.79. The fourth-order valence-corrected chi connectivity index (χ4v) is 3.03. The van der Waals surface area contributed by atoms with Gasteiger partial charge >= 0.3 is 5.97 Å². The lowest BCUT2D eigenvalue weighted by Crippen LogP contribution is -2.35. The molecular formula is C12H14N2O2S2. The van der Waals surface area contributed by atoms with Gasteiger partial charge in [-0.2, -0.15) is 0 Å². The van der Waals surface area contributed by atoms with Crippen LogP contribution in [0, 0.1) is 0 Å². The van der Waals surface area contributed by atoms with Crippen molar-refractivity contribution >= 4 is 28.6 Å². The third-order valence-corrected chi connectivity index (χ3v) is 4.71. The van der Waals surface area contributed by atoms with E-state index >= 15 is 0 Å². The molecule has 18 heavy (non-hydrogen) atoms. The summed E-state index contributed by atoms with van der Waals surface area (Å²) in [6.45, 7) is 4.78. The van der Waals surface area contributed by atoms with Gasteiger partial charge in [0, 0.05) is 23.0 Å². The number of nitrogens with zero attached hydrogens (tertiary/aromatic N) is 1. The van der Waals surface area contributed by atoms with Crippen LogP contribution in [0.3, 0.4) is 0 Å². The minimum absolute atomic E-state index is 0.207. The summed E-state index contributed by atoms with van der Waals surface area (Å²) in [7, 11) is 0. The number of thiophene rings is 1. The molecule has 4 nitrogen and oxygen atoms in total. The number of hydrogen-bond donors (Lipinski definition) is 2. The Morgan fingerprint density at radius 1 is 1.50 bits per heavy atom. The van der Waals surface area contributed by atoms with E-state index in [4.69, 9.17) is 5.11 Å². The number of carboxylic acids is 1. The van der Waals surface area contributed by atoms with Crippen LogP contribution in [0.25, 0.3) is 0 Å². The lowest BCUT2D eigenvalue weighted by atomic mass is 10.1. The largest absolute Gasteiger partial charge is 0.477 e. The van der Waals surface area contributed by atoms with Crippen LogP contribution >= 0.6 is 22.7 Å². The Kier molecular flexibility index (Phi) is 3.79. The molecule has 2 heterocycles. The van der Waals surface area contributed by atoms with Gasteiger partial charge in [-0.25, -0.2) is 9.78 Å². The molecule has 0 aliphatic heterocycles. The molecule has 0 saturated heterocycles. The standard InChI is InChI=1S/C12H14N2O2S2/c1-12(2,11-13-5-6-17-11)14-7-8-3-4-9(18-8)10(15)16/h3-6,14H,7H2,1-2H3,(H,15,16). The quantitative estimate of drug-likeness (QED) is 0.885. The molecule has 96 valence electrons. The summed E-state index contributed by atoms with van der Waals surface area (Å²) < 4.78 is 0. The Labute approximate surface area is 113 Å². The van der Waals surface area contributed by atoms with Gasteiger partial charge in [0.2, 0.25) is 0 Å². The maximum absolute atomic E-state index is 10.8. The van der Waals surface area contributed by atoms with Gasteiger partial charge in [-0.05, 0) is 26.0 Å². The molecule has 2 aromatic rings. The average Bonchev–Trinajstić information content (AvgIpc) is 2.98. The Hall–Kier alpha value is -1.24. The summed E-state index contributed by atoms with van der Waals surface area (Å²) in [6, 6.07) is 3.49. The first-order chi connectivity index (χ1) is 8.49. The van der Waals surface area contributed by atoms with Crippen LogP contribution in [0.2, 0.25) is 0 Å². The lowest BCUT2D eigenvalue weighted by molar-refractivity contribution is 0.0702. The van der Waals surface area contributed by atoms with E-state index in [1.54, 1.807) is 23.6 Å². The molecule has 0 radical (unpaired) electrons. The van der Waals surface area contributed by atoms with Crippen molar-refractivity contribution < 1.29 is 9.90 Å². The van der Waals surface area contributed by atoms with E-state index < -0.39 is 5.97 Å². The van der Waals surface area contributed by atoms with Crippen LogP contribution in [-0.2, 0) is 12.1 Å². The Balaban J connectivity index is 2.00. The fourth-order valence-electron chi connectivity index (χ4n) is 1.50. The maximum atomic E-state index is 10.8. The minimum Gasteiger partial charge on any atom is -0.477 e. The van der Waals surface area contributed by atoms with Crippen molar-refractivity contribution in [1.29, 1.82) is 0 Å². The topological polar surface area (TPSA) is 62.2 Å². The van der Waals surface area contributed by atoms with E-state index in [-0.39, 0.29) is 5.54 Å². The maximum Gasteiger partial charge on any atom is 0.345 e. The smallest absolute Gasteiger partial charge is 0.345 e. The van der Waals surface area contributed by atoms with Crippen molar-refractivity contribution in [2.24, 2.45) is 0 Å². The van der Waals surface area contributed by atoms with Gasteiger partial charge in [-0.15, -0.1) is 22.7 Å². The zero-order valence-corrected chi connectivity index (χ0v) is 11.8. The lowest BCUT2D eigenvalue weighted by Gasteiger charge is -2.23. The normalized spacial score (nSPS) is 11.7. The molecule has 0 spiro atoms. The van der Waals surface area contributed by atoms with Crippen LogP contribution in [0.1, 0.15) is 33.4 Å². The van der Waals surface area contributed by atoms with E-state index in [2.05, 4.69) is 24.1 Å². The van der Waals surface area contributed by atoms with Crippen LogP contribution in [0.5, 0.6) is 0 Å². The zero-order chi connectivity index (χ0) is 13.2. The van der Waals surface area contributed by atoms with Crippen LogP contribution in [0.15, 0.2) is 23.7 Å². The fraction of sp³-hybridized carbons (Fsp3) is 0.333. The Bertz CT molecular complexity index is 532. The van der Waals surface area contributed by atoms with Gasteiger partial charge < -0.3 is 10.4 Å². The molecule has 0 bridgehead atoms. The van der Waals surface area contributed by atoms with Gasteiger partial charge in [-0.3, -0.25) is 0 Å². The highest BCUT2D eigenvalue weighted by Gasteiger charge is 2.22. The molecule has 2 N–H and O–H groups in total. The van der Waals surface area contributed by atoms with E-state index in [1.807, 2.05) is 11.4 Å². The predicted octanol–water partition coefficient (Wildman–Crippen LogP) is 2.93. The third kappa shape index (κ3) is 2.95. The van der Waals surface area contributed by atoms with Gasteiger partial charge in [0.15, 0.2) is 0 Å². The monoisotopic (exact) mass is 282 g/mol. The molecule has 6 heteroatoms. The molecule has 0 fully saturated rings. The van der Waals surface area contributed by atoms with Crippen molar-refractivity contribution in [3.05, 3.63) is 38.5 Å². The van der Waals surface area contributed by atoms with Gasteiger partial charge in [0.25, 0.3) is 0 Å². The number of aromatic carboxylic acids is 1. The Morgan fingerprint density at radius 3 is 2.83 bits per heavy atom. The second-order valence-electron chi connectivity index (χ2n) is 4.39. The number of carboxylic acid groups (broad SMARTS) is 1. The van der Waals surface area contributed by atoms with Crippen molar-refractivity contribution in [3.63, 3.8) is 0 Å². The second kappa shape index (κ2) is 5.17. The minimum atomic E-state index is -0.870. The molecule has 0 saturated carbocycles. The van der Waals surface area contributed by atoms with E-state index in [0.29, 0.717) is 11.4 Å². The zero-order valence-electron chi connectivity index (χ0n) is 10.1. The average molecular weight is 282 g/mol. The molecule has 0 atom stereocenters. The van der Waals surface area contributed by atoms with Gasteiger partial charge in [0.05, 0.1) is 5.54 Å². The van der Waals surface area contributed by atoms with Gasteiger partial charge in [-0.1, -0.05) is 0 Å². The molecule has 2 aromatic heterocycles. The molecule has 0 amide bonds. The van der Waals surface area contributed by atoms with E-state index in [9.17, 15) is 4.79 Å². The van der Waals surface area contributed by atoms with Crippen LogP contribution in [0.4, 0.5) is 0 Å². The SMILES string of the molecule is CC(C)(NCc1ccc(C(=O)O)s1)c1nccs1. The third-order valence-electron chi connectivity index (χ3n) is 2.54. The molecule has 0 aromatic carbocycles. The first-order valence-corrected chi connectivity index (χ1v) is 7.15. The van der Waals surface area contributed by atoms with Crippen molar-refractivity contribution in [2.75, 3.05) is 0 Å². The molecule has 0 aliphatic carbocycles. The van der Waals surface area contributed by atoms with E-state index in [1.165, 1.54) is 11.3 Å². The highest BCUT2D eigenvalue weighted by molar-refractivity contribution is 7.13. The van der Waals surface area contributed by atoms with Gasteiger partial charge in [0.1, 0.15) is 9.88 Å². The number of hydrogen-bond acceptors (Lipinski definition) is 5. The van der Waals surface area contributed by atoms with Crippen LogP contribution in [-0.4, -0.2) is 16.1 Å². The molecule has 0 aliphatic rings. The van der Waals surface area contributed by atoms with E-state index in [0.717, 1.165) is 9.88 Å². The summed E-state index contributed by atoms with van der Waals surface area (Å²) in [5.74, 6) is -0.870. The number of aromatic nitrogens is 1. The second-order valence-corrected chi connectivity index (χ2v) is 6.45. The number of nitrogens with one attached hydrogen (secondary N) is 1. The number of thiazole rings is 1. The summed E-state index contributed by atoms with van der Waals surface area (Å²) in [5.41, 5.74) is -0.207. The first-order valence-electron chi connectivity index (χ1n) is 5.46. The molecule has 2 rings (SSSR count). The first kappa shape index (κ1) is 13.2. The van der Waals surface area contributed by atoms with Crippen LogP contribution < -0.4 is 5.32 Å². The predicted molar refractivity (Wildman–Crippen MR) is 73.3 cm³/mol. The van der Waals surface area contributed by atoms with Crippen molar-refractivity contribution in [2.45, 2.75) is 25.9 Å². The number of carbonyl (C=O) groups is 1. The highest BCUT2D eigenvalue weighted by atomic mass is 32.1. The van der Waals surface area contributed by atoms with Crippen molar-refractivity contribution in [3.8, 4) is 0 Å². The summed E-state index contributed by atoms with van der Waals surface area (Å²) in [4.78, 5) is 16.5. The Morgan fingerprint density at radius 2 is 2.28 bits per heavy atom. The van der Waals surface area contributed by atoms with Crippen molar-refractivity contribution in [1.82, 2.24) is 10.3 Å². The molecular weight excluding hydrogens is 268 g/mol. The summed E-state index contributed by atoms with van der Waals surface area (Å²) in [5, 5.41) is 15.2. The number of rotatable bonds is 5. The molecule has 0 unspecified atom stereocenters. The summed E-state index contributed by atoms with van der Waals surface area (Å²) >= 11 is 2.91. The highest BCUT2D eigenvalue weighted by Crippen LogP contribution is 2.24.